The van der Waals surface area contributed by atoms with E-state index in [0.29, 0.717) is 18.5 Å². The minimum Gasteiger partial charge on any atom is -0.353 e. The number of piperazine rings is 1. The monoisotopic (exact) mass is 418 g/mol. The minimum absolute atomic E-state index is 0.00206. The topological polar surface area (TPSA) is 65.5 Å². The molecule has 0 saturated carbocycles. The lowest BCUT2D eigenvalue weighted by molar-refractivity contribution is -0.140. The molecule has 1 N–H and O–H groups in total. The highest BCUT2D eigenvalue weighted by Crippen LogP contribution is 2.30. The van der Waals surface area contributed by atoms with Crippen LogP contribution in [0.25, 0.3) is 0 Å². The van der Waals surface area contributed by atoms with Crippen molar-refractivity contribution in [3.8, 4) is 0 Å². The molecule has 3 aliphatic rings. The first-order valence-electron chi connectivity index (χ1n) is 11.5. The van der Waals surface area contributed by atoms with E-state index in [1.54, 1.807) is 0 Å². The van der Waals surface area contributed by atoms with Crippen molar-refractivity contribution in [2.45, 2.75) is 50.1 Å². The number of benzene rings is 1. The molecule has 2 amide bonds. The molecule has 1 unspecified atom stereocenters. The fourth-order valence-electron chi connectivity index (χ4n) is 5.54. The first-order chi connectivity index (χ1) is 15.2. The van der Waals surface area contributed by atoms with Gasteiger partial charge in [0.2, 0.25) is 11.8 Å². The van der Waals surface area contributed by atoms with Gasteiger partial charge >= 0.3 is 0 Å². The quantitative estimate of drug-likeness (QED) is 0.826. The second-order valence-electron chi connectivity index (χ2n) is 9.02. The van der Waals surface area contributed by atoms with Crippen LogP contribution in [0.1, 0.15) is 41.9 Å². The van der Waals surface area contributed by atoms with Crippen molar-refractivity contribution in [3.05, 3.63) is 65.5 Å². The van der Waals surface area contributed by atoms with Crippen LogP contribution in [0.5, 0.6) is 0 Å². The molecular formula is C25H30N4O2. The molecule has 0 spiro atoms. The van der Waals surface area contributed by atoms with Gasteiger partial charge in [0.05, 0.1) is 12.5 Å². The molecule has 2 saturated heterocycles. The number of carbonyl (C=O) groups excluding carboxylic acids is 2. The maximum Gasteiger partial charge on any atom is 0.237 e. The van der Waals surface area contributed by atoms with E-state index < -0.39 is 0 Å². The number of fused-ring (bicyclic) bond motifs is 1. The minimum atomic E-state index is -0.363. The van der Waals surface area contributed by atoms with Gasteiger partial charge in [0, 0.05) is 44.6 Å². The number of piperidine rings is 1. The first-order valence-corrected chi connectivity index (χ1v) is 11.5. The van der Waals surface area contributed by atoms with E-state index in [2.05, 4.69) is 51.6 Å². The number of likely N-dealkylation sites (tertiary alicyclic amines) is 1. The lowest BCUT2D eigenvalue weighted by Gasteiger charge is -2.40. The third-order valence-electron chi connectivity index (χ3n) is 7.26. The summed E-state index contributed by atoms with van der Waals surface area (Å²) in [5.74, 6) is 0.594. The van der Waals surface area contributed by atoms with Crippen LogP contribution in [0.4, 0.5) is 0 Å². The van der Waals surface area contributed by atoms with E-state index in [1.165, 1.54) is 16.7 Å². The van der Waals surface area contributed by atoms with Gasteiger partial charge in [0.25, 0.3) is 0 Å². The number of hydrogen-bond acceptors (Lipinski definition) is 4. The van der Waals surface area contributed by atoms with Crippen LogP contribution >= 0.6 is 0 Å². The zero-order valence-electron chi connectivity index (χ0n) is 17.9. The maximum atomic E-state index is 13.1. The van der Waals surface area contributed by atoms with Crippen molar-refractivity contribution in [3.63, 3.8) is 0 Å². The fourth-order valence-corrected chi connectivity index (χ4v) is 5.54. The SMILES string of the molecule is O=C1NCCN(C2Cc3ccccc3C2)C1CC(=O)N1CCC(c2ccncc2)CC1. The second kappa shape index (κ2) is 8.79. The predicted octanol–water partition coefficient (Wildman–Crippen LogP) is 2.15. The number of pyridine rings is 1. The highest BCUT2D eigenvalue weighted by molar-refractivity contribution is 5.89. The first kappa shape index (κ1) is 20.2. The normalized spacial score (nSPS) is 22.9. The second-order valence-corrected chi connectivity index (χ2v) is 9.02. The van der Waals surface area contributed by atoms with Gasteiger partial charge in [-0.3, -0.25) is 19.5 Å². The third-order valence-corrected chi connectivity index (χ3v) is 7.26. The average Bonchev–Trinajstić information content (AvgIpc) is 3.25. The summed E-state index contributed by atoms with van der Waals surface area (Å²) in [5, 5.41) is 2.99. The zero-order chi connectivity index (χ0) is 21.2. The standard InChI is InChI=1S/C25H30N4O2/c30-24(28-12-7-19(8-13-28)18-5-9-26-10-6-18)17-23-25(31)27-11-14-29(23)22-15-20-3-1-2-4-21(20)16-22/h1-6,9-10,19,22-23H,7-8,11-17H2,(H,27,31). The molecule has 2 fully saturated rings. The fraction of sp³-hybridized carbons (Fsp3) is 0.480. The van der Waals surface area contributed by atoms with Gasteiger partial charge in [0.1, 0.15) is 0 Å². The molecule has 1 aliphatic carbocycles. The van der Waals surface area contributed by atoms with Crippen LogP contribution in [0, 0.1) is 0 Å². The number of nitrogens with one attached hydrogen (secondary N) is 1. The summed E-state index contributed by atoms with van der Waals surface area (Å²) in [5.41, 5.74) is 4.06. The molecule has 0 radical (unpaired) electrons. The van der Waals surface area contributed by atoms with Gasteiger partial charge in [-0.1, -0.05) is 24.3 Å². The van der Waals surface area contributed by atoms with Crippen LogP contribution in [-0.2, 0) is 22.4 Å². The number of carbonyl (C=O) groups is 2. The van der Waals surface area contributed by atoms with Gasteiger partial charge in [-0.15, -0.1) is 0 Å². The molecule has 6 nitrogen and oxygen atoms in total. The maximum absolute atomic E-state index is 13.1. The highest BCUT2D eigenvalue weighted by atomic mass is 16.2. The molecule has 1 aromatic carbocycles. The van der Waals surface area contributed by atoms with E-state index in [9.17, 15) is 9.59 Å². The zero-order valence-corrected chi connectivity index (χ0v) is 17.9. The predicted molar refractivity (Wildman–Crippen MR) is 119 cm³/mol. The summed E-state index contributed by atoms with van der Waals surface area (Å²) in [6.45, 7) is 2.99. The number of aromatic nitrogens is 1. The molecule has 1 atom stereocenters. The van der Waals surface area contributed by atoms with Gasteiger partial charge in [0.15, 0.2) is 0 Å². The van der Waals surface area contributed by atoms with Crippen molar-refractivity contribution >= 4 is 11.8 Å². The summed E-state index contributed by atoms with van der Waals surface area (Å²) in [6.07, 6.45) is 7.81. The smallest absolute Gasteiger partial charge is 0.237 e. The van der Waals surface area contributed by atoms with Crippen LogP contribution in [0.2, 0.25) is 0 Å². The Hall–Kier alpha value is -2.73. The van der Waals surface area contributed by atoms with E-state index in [1.807, 2.05) is 17.3 Å². The Kier molecular flexibility index (Phi) is 5.72. The highest BCUT2D eigenvalue weighted by Gasteiger charge is 2.39. The molecule has 162 valence electrons. The molecule has 3 heterocycles. The Balaban J connectivity index is 1.22. The molecule has 0 bridgehead atoms. The summed E-state index contributed by atoms with van der Waals surface area (Å²) in [6, 6.07) is 12.6. The lowest BCUT2D eigenvalue weighted by Crippen LogP contribution is -2.60. The van der Waals surface area contributed by atoms with Crippen LogP contribution < -0.4 is 5.32 Å². The molecular weight excluding hydrogens is 388 g/mol. The van der Waals surface area contributed by atoms with E-state index in [4.69, 9.17) is 0 Å². The van der Waals surface area contributed by atoms with Gasteiger partial charge in [-0.2, -0.15) is 0 Å². The van der Waals surface area contributed by atoms with Gasteiger partial charge in [-0.25, -0.2) is 0 Å². The third kappa shape index (κ3) is 4.22. The van der Waals surface area contributed by atoms with E-state index in [-0.39, 0.29) is 24.3 Å². The van der Waals surface area contributed by atoms with Gasteiger partial charge in [-0.05, 0) is 60.4 Å². The molecule has 2 aliphatic heterocycles. The average molecular weight is 419 g/mol. The van der Waals surface area contributed by atoms with E-state index >= 15 is 0 Å². The van der Waals surface area contributed by atoms with Crippen molar-refractivity contribution in [1.82, 2.24) is 20.1 Å². The molecule has 1 aromatic heterocycles. The lowest BCUT2D eigenvalue weighted by atomic mass is 9.90. The van der Waals surface area contributed by atoms with Crippen LogP contribution in [-0.4, -0.2) is 64.9 Å². The Morgan fingerprint density at radius 1 is 1.00 bits per heavy atom. The number of rotatable bonds is 4. The summed E-state index contributed by atoms with van der Waals surface area (Å²) in [7, 11) is 0. The molecule has 2 aromatic rings. The summed E-state index contributed by atoms with van der Waals surface area (Å²) >= 11 is 0. The van der Waals surface area contributed by atoms with Crippen LogP contribution in [0.3, 0.4) is 0 Å². The summed E-state index contributed by atoms with van der Waals surface area (Å²) < 4.78 is 0. The summed E-state index contributed by atoms with van der Waals surface area (Å²) in [4.78, 5) is 34.3. The van der Waals surface area contributed by atoms with Crippen LogP contribution in [0.15, 0.2) is 48.8 Å². The number of nitrogens with zero attached hydrogens (tertiary/aromatic N) is 3. The van der Waals surface area contributed by atoms with E-state index in [0.717, 1.165) is 45.3 Å². The van der Waals surface area contributed by atoms with Crippen molar-refractivity contribution in [1.29, 1.82) is 0 Å². The largest absolute Gasteiger partial charge is 0.353 e. The molecule has 6 heteroatoms. The van der Waals surface area contributed by atoms with Crippen molar-refractivity contribution in [2.24, 2.45) is 0 Å². The molecule has 31 heavy (non-hydrogen) atoms. The number of amides is 2. The molecule has 5 rings (SSSR count). The Labute approximate surface area is 183 Å². The Morgan fingerprint density at radius 2 is 1.68 bits per heavy atom. The van der Waals surface area contributed by atoms with Gasteiger partial charge < -0.3 is 10.2 Å². The van der Waals surface area contributed by atoms with Crippen molar-refractivity contribution in [2.75, 3.05) is 26.2 Å². The van der Waals surface area contributed by atoms with Crippen molar-refractivity contribution < 1.29 is 9.59 Å². The Morgan fingerprint density at radius 3 is 2.35 bits per heavy atom. The number of hydrogen-bond donors (Lipinski definition) is 1. The Bertz CT molecular complexity index is 915.